The number of aromatic hydroxyl groups is 1. The summed E-state index contributed by atoms with van der Waals surface area (Å²) in [5.41, 5.74) is 2.37. The van der Waals surface area contributed by atoms with Gasteiger partial charge in [-0.3, -0.25) is 4.79 Å². The molecule has 29 heavy (non-hydrogen) atoms. The van der Waals surface area contributed by atoms with E-state index in [1.54, 1.807) is 36.8 Å². The van der Waals surface area contributed by atoms with Gasteiger partial charge in [0.25, 0.3) is 5.91 Å². The lowest BCUT2D eigenvalue weighted by atomic mass is 10.2. The third-order valence-electron chi connectivity index (χ3n) is 4.09. The van der Waals surface area contributed by atoms with Gasteiger partial charge in [0.05, 0.1) is 25.2 Å². The summed E-state index contributed by atoms with van der Waals surface area (Å²) in [6.45, 7) is 0. The number of ether oxygens (including phenoxy) is 1. The lowest BCUT2D eigenvalue weighted by Crippen LogP contribution is -2.12. The molecule has 0 saturated carbocycles. The molecule has 0 aliphatic heterocycles. The van der Waals surface area contributed by atoms with Gasteiger partial charge in [-0.15, -0.1) is 11.3 Å². The Morgan fingerprint density at radius 1 is 1.07 bits per heavy atom. The van der Waals surface area contributed by atoms with Crippen molar-refractivity contribution in [2.45, 2.75) is 0 Å². The van der Waals surface area contributed by atoms with E-state index in [1.165, 1.54) is 23.7 Å². The molecule has 0 spiro atoms. The maximum atomic E-state index is 12.5. The zero-order valence-corrected chi connectivity index (χ0v) is 16.2. The molecule has 0 saturated heterocycles. The van der Waals surface area contributed by atoms with E-state index in [4.69, 9.17) is 4.74 Å². The number of nitrogens with zero attached hydrogens (tertiary/aromatic N) is 3. The summed E-state index contributed by atoms with van der Waals surface area (Å²) in [5, 5.41) is 14.8. The molecule has 7 nitrogen and oxygen atoms in total. The summed E-state index contributed by atoms with van der Waals surface area (Å²) in [6, 6.07) is 14.1. The Labute approximate surface area is 170 Å². The van der Waals surface area contributed by atoms with Crippen LogP contribution in [-0.2, 0) is 0 Å². The summed E-state index contributed by atoms with van der Waals surface area (Å²) in [4.78, 5) is 25.4. The minimum atomic E-state index is -0.338. The number of phenols is 1. The average Bonchev–Trinajstić information content (AvgIpc) is 3.25. The minimum absolute atomic E-state index is 0.139. The SMILES string of the molecule is COc1ccc(-c2nc(C(=O)Nc3cnc(-c4cccc(O)c4)nc3)cs2)cc1. The van der Waals surface area contributed by atoms with Crippen molar-refractivity contribution in [2.24, 2.45) is 0 Å². The Hall–Kier alpha value is -3.78. The minimum Gasteiger partial charge on any atom is -0.508 e. The number of thiazole rings is 1. The van der Waals surface area contributed by atoms with Crippen molar-refractivity contribution in [3.8, 4) is 33.5 Å². The van der Waals surface area contributed by atoms with Crippen molar-refractivity contribution < 1.29 is 14.6 Å². The molecule has 4 rings (SSSR count). The molecule has 0 fully saturated rings. The first-order valence-electron chi connectivity index (χ1n) is 8.65. The Bertz CT molecular complexity index is 1140. The number of hydrogen-bond acceptors (Lipinski definition) is 7. The van der Waals surface area contributed by atoms with Gasteiger partial charge in [0.15, 0.2) is 5.82 Å². The first kappa shape index (κ1) is 18.6. The Balaban J connectivity index is 1.46. The molecule has 0 aliphatic carbocycles. The molecule has 2 aromatic carbocycles. The molecule has 2 N–H and O–H groups in total. The van der Waals surface area contributed by atoms with Gasteiger partial charge in [0, 0.05) is 16.5 Å². The molecule has 4 aromatic rings. The highest BCUT2D eigenvalue weighted by atomic mass is 32.1. The molecular formula is C21H16N4O3S. The predicted octanol–water partition coefficient (Wildman–Crippen LogP) is 4.23. The van der Waals surface area contributed by atoms with Crippen LogP contribution in [0.25, 0.3) is 22.0 Å². The highest BCUT2D eigenvalue weighted by molar-refractivity contribution is 7.13. The largest absolute Gasteiger partial charge is 0.508 e. The van der Waals surface area contributed by atoms with Gasteiger partial charge in [0.2, 0.25) is 0 Å². The zero-order chi connectivity index (χ0) is 20.2. The van der Waals surface area contributed by atoms with Crippen LogP contribution in [0.5, 0.6) is 11.5 Å². The van der Waals surface area contributed by atoms with Crippen LogP contribution in [0, 0.1) is 0 Å². The van der Waals surface area contributed by atoms with Gasteiger partial charge in [-0.05, 0) is 36.4 Å². The molecule has 2 aromatic heterocycles. The molecule has 2 heterocycles. The van der Waals surface area contributed by atoms with E-state index < -0.39 is 0 Å². The number of benzene rings is 2. The first-order valence-corrected chi connectivity index (χ1v) is 9.53. The second-order valence-corrected chi connectivity index (χ2v) is 6.92. The summed E-state index contributed by atoms with van der Waals surface area (Å²) in [5.74, 6) is 1.01. The average molecular weight is 404 g/mol. The molecule has 8 heteroatoms. The van der Waals surface area contributed by atoms with Crippen molar-refractivity contribution in [1.29, 1.82) is 0 Å². The van der Waals surface area contributed by atoms with Gasteiger partial charge in [0.1, 0.15) is 22.2 Å². The number of anilines is 1. The lowest BCUT2D eigenvalue weighted by Gasteiger charge is -2.04. The molecule has 0 bridgehead atoms. The standard InChI is InChI=1S/C21H16N4O3S/c1-28-17-7-5-13(6-8-17)21-25-18(12-29-21)20(27)24-15-10-22-19(23-11-15)14-3-2-4-16(26)9-14/h2-12,26H,1H3,(H,24,27). The number of amides is 1. The Kier molecular flexibility index (Phi) is 5.17. The highest BCUT2D eigenvalue weighted by Gasteiger charge is 2.13. The monoisotopic (exact) mass is 404 g/mol. The second-order valence-electron chi connectivity index (χ2n) is 6.07. The van der Waals surface area contributed by atoms with E-state index in [1.807, 2.05) is 24.3 Å². The topological polar surface area (TPSA) is 97.2 Å². The fraction of sp³-hybridized carbons (Fsp3) is 0.0476. The summed E-state index contributed by atoms with van der Waals surface area (Å²) < 4.78 is 5.15. The van der Waals surface area contributed by atoms with Crippen LogP contribution >= 0.6 is 11.3 Å². The number of carbonyl (C=O) groups is 1. The smallest absolute Gasteiger partial charge is 0.275 e. The van der Waals surface area contributed by atoms with Gasteiger partial charge >= 0.3 is 0 Å². The Morgan fingerprint density at radius 2 is 1.83 bits per heavy atom. The van der Waals surface area contributed by atoms with Gasteiger partial charge in [-0.1, -0.05) is 12.1 Å². The first-order chi connectivity index (χ1) is 14.1. The van der Waals surface area contributed by atoms with Crippen molar-refractivity contribution in [1.82, 2.24) is 15.0 Å². The van der Waals surface area contributed by atoms with E-state index in [9.17, 15) is 9.90 Å². The number of aromatic nitrogens is 3. The maximum absolute atomic E-state index is 12.5. The summed E-state index contributed by atoms with van der Waals surface area (Å²) in [6.07, 6.45) is 3.03. The Morgan fingerprint density at radius 3 is 2.52 bits per heavy atom. The van der Waals surface area contributed by atoms with Crippen molar-refractivity contribution in [3.05, 3.63) is 72.0 Å². The van der Waals surface area contributed by atoms with Crippen molar-refractivity contribution >= 4 is 22.9 Å². The van der Waals surface area contributed by atoms with E-state index in [0.29, 0.717) is 22.8 Å². The molecule has 0 atom stereocenters. The van der Waals surface area contributed by atoms with E-state index >= 15 is 0 Å². The molecule has 1 amide bonds. The number of methoxy groups -OCH3 is 1. The second kappa shape index (κ2) is 8.07. The number of hydrogen-bond donors (Lipinski definition) is 2. The fourth-order valence-corrected chi connectivity index (χ4v) is 3.43. The fourth-order valence-electron chi connectivity index (χ4n) is 2.63. The van der Waals surface area contributed by atoms with E-state index in [0.717, 1.165) is 16.3 Å². The van der Waals surface area contributed by atoms with Crippen LogP contribution < -0.4 is 10.1 Å². The highest BCUT2D eigenvalue weighted by Crippen LogP contribution is 2.26. The van der Waals surface area contributed by atoms with Gasteiger partial charge in [-0.2, -0.15) is 0 Å². The molecule has 144 valence electrons. The molecular weight excluding hydrogens is 388 g/mol. The van der Waals surface area contributed by atoms with Crippen LogP contribution in [0.1, 0.15) is 10.5 Å². The summed E-state index contributed by atoms with van der Waals surface area (Å²) in [7, 11) is 1.61. The summed E-state index contributed by atoms with van der Waals surface area (Å²) >= 11 is 1.39. The molecule has 0 aliphatic rings. The van der Waals surface area contributed by atoms with Crippen LogP contribution in [0.4, 0.5) is 5.69 Å². The van der Waals surface area contributed by atoms with Crippen LogP contribution in [0.3, 0.4) is 0 Å². The number of rotatable bonds is 5. The third-order valence-corrected chi connectivity index (χ3v) is 4.98. The van der Waals surface area contributed by atoms with Crippen molar-refractivity contribution in [3.63, 3.8) is 0 Å². The lowest BCUT2D eigenvalue weighted by molar-refractivity contribution is 0.102. The normalized spacial score (nSPS) is 10.5. The number of phenolic OH excluding ortho intramolecular Hbond substituents is 1. The van der Waals surface area contributed by atoms with Crippen LogP contribution in [0.2, 0.25) is 0 Å². The predicted molar refractivity (Wildman–Crippen MR) is 111 cm³/mol. The van der Waals surface area contributed by atoms with Crippen molar-refractivity contribution in [2.75, 3.05) is 12.4 Å². The number of carbonyl (C=O) groups excluding carboxylic acids is 1. The van der Waals surface area contributed by atoms with Crippen LogP contribution in [0.15, 0.2) is 66.3 Å². The third kappa shape index (κ3) is 4.22. The van der Waals surface area contributed by atoms with E-state index in [2.05, 4.69) is 20.3 Å². The molecule has 0 radical (unpaired) electrons. The maximum Gasteiger partial charge on any atom is 0.275 e. The number of nitrogens with one attached hydrogen (secondary N) is 1. The van der Waals surface area contributed by atoms with Gasteiger partial charge in [-0.25, -0.2) is 15.0 Å². The van der Waals surface area contributed by atoms with Crippen LogP contribution in [-0.4, -0.2) is 33.1 Å². The van der Waals surface area contributed by atoms with Gasteiger partial charge < -0.3 is 15.2 Å². The quantitative estimate of drug-likeness (QED) is 0.517. The zero-order valence-electron chi connectivity index (χ0n) is 15.4. The molecule has 0 unspecified atom stereocenters. The van der Waals surface area contributed by atoms with E-state index in [-0.39, 0.29) is 11.7 Å².